The zero-order valence-corrected chi connectivity index (χ0v) is 13.3. The third-order valence-corrected chi connectivity index (χ3v) is 2.53. The summed E-state index contributed by atoms with van der Waals surface area (Å²) in [4.78, 5) is 47.1. The van der Waals surface area contributed by atoms with E-state index in [0.29, 0.717) is 4.57 Å². The summed E-state index contributed by atoms with van der Waals surface area (Å²) in [5, 5.41) is 20.1. The van der Waals surface area contributed by atoms with Crippen LogP contribution in [0.5, 0.6) is 0 Å². The van der Waals surface area contributed by atoms with Gasteiger partial charge in [-0.25, -0.2) is 9.59 Å². The van der Waals surface area contributed by atoms with E-state index >= 15 is 0 Å². The SMILES string of the molecule is O.O=C(O)c1c(C(=O)[O-])n(-c2ccccc2)c(=O)[nH]c1=O.[Na+]. The number of aromatic carboxylic acids is 2. The molecule has 0 aliphatic rings. The van der Waals surface area contributed by atoms with Crippen LogP contribution in [0.4, 0.5) is 0 Å². The van der Waals surface area contributed by atoms with Gasteiger partial charge >= 0.3 is 41.2 Å². The summed E-state index contributed by atoms with van der Waals surface area (Å²) in [6, 6.07) is 7.44. The molecule has 0 amide bonds. The van der Waals surface area contributed by atoms with Crippen molar-refractivity contribution in [1.82, 2.24) is 9.55 Å². The molecule has 0 aliphatic heterocycles. The van der Waals surface area contributed by atoms with E-state index in [1.165, 1.54) is 24.3 Å². The minimum atomic E-state index is -1.94. The Bertz CT molecular complexity index is 810. The van der Waals surface area contributed by atoms with Crippen molar-refractivity contribution < 1.29 is 54.8 Å². The molecule has 2 rings (SSSR count). The number of hydrogen-bond acceptors (Lipinski definition) is 5. The van der Waals surface area contributed by atoms with Gasteiger partial charge in [0, 0.05) is 0 Å². The normalized spacial score (nSPS) is 9.27. The van der Waals surface area contributed by atoms with E-state index in [4.69, 9.17) is 5.11 Å². The van der Waals surface area contributed by atoms with Gasteiger partial charge < -0.3 is 20.5 Å². The van der Waals surface area contributed by atoms with E-state index < -0.39 is 34.4 Å². The van der Waals surface area contributed by atoms with Gasteiger partial charge in [-0.15, -0.1) is 0 Å². The number of aromatic amines is 1. The first-order valence-electron chi connectivity index (χ1n) is 5.33. The largest absolute Gasteiger partial charge is 1.00 e. The van der Waals surface area contributed by atoms with Crippen LogP contribution in [0, 0.1) is 0 Å². The Morgan fingerprint density at radius 1 is 1.14 bits per heavy atom. The molecule has 1 aromatic carbocycles. The van der Waals surface area contributed by atoms with Gasteiger partial charge in [0.15, 0.2) is 5.56 Å². The number of carboxylic acids is 2. The maximum absolute atomic E-state index is 11.8. The van der Waals surface area contributed by atoms with Crippen LogP contribution in [-0.4, -0.2) is 32.1 Å². The predicted molar refractivity (Wildman–Crippen MR) is 67.6 cm³/mol. The molecule has 1 heterocycles. The van der Waals surface area contributed by atoms with Crippen LogP contribution in [0.15, 0.2) is 39.9 Å². The summed E-state index contributed by atoms with van der Waals surface area (Å²) in [6.45, 7) is 0. The molecule has 0 fully saturated rings. The van der Waals surface area contributed by atoms with Gasteiger partial charge in [0.1, 0.15) is 0 Å². The second kappa shape index (κ2) is 7.71. The molecule has 0 aliphatic carbocycles. The van der Waals surface area contributed by atoms with Crippen molar-refractivity contribution in [2.75, 3.05) is 0 Å². The fourth-order valence-corrected chi connectivity index (χ4v) is 1.75. The van der Waals surface area contributed by atoms with E-state index in [1.807, 2.05) is 0 Å². The molecule has 110 valence electrons. The molecular weight excluding hydrogens is 307 g/mol. The fraction of sp³-hybridized carbons (Fsp3) is 0. The first-order valence-corrected chi connectivity index (χ1v) is 5.33. The molecule has 9 nitrogen and oxygen atoms in total. The van der Waals surface area contributed by atoms with Crippen LogP contribution < -0.4 is 45.9 Å². The molecule has 0 spiro atoms. The van der Waals surface area contributed by atoms with Gasteiger partial charge in [0.05, 0.1) is 17.4 Å². The van der Waals surface area contributed by atoms with Crippen molar-refractivity contribution in [2.45, 2.75) is 0 Å². The third-order valence-electron chi connectivity index (χ3n) is 2.53. The Labute approximate surface area is 144 Å². The third kappa shape index (κ3) is 3.52. The van der Waals surface area contributed by atoms with Gasteiger partial charge in [-0.05, 0) is 12.1 Å². The van der Waals surface area contributed by atoms with Crippen molar-refractivity contribution in [1.29, 1.82) is 0 Å². The molecule has 0 bridgehead atoms. The standard InChI is InChI=1S/C12H8N2O6.Na.H2O/c15-9-7(10(16)17)8(11(18)19)14(12(20)13-9)6-4-2-1-3-5-6;;/h1-5H,(H,16,17)(H,18,19)(H,13,15,20);;1H2/q;+1;/p-1. The van der Waals surface area contributed by atoms with Crippen LogP contribution in [0.3, 0.4) is 0 Å². The number of H-pyrrole nitrogens is 1. The van der Waals surface area contributed by atoms with Gasteiger partial charge in [0.2, 0.25) is 0 Å². The van der Waals surface area contributed by atoms with Crippen molar-refractivity contribution in [2.24, 2.45) is 0 Å². The van der Waals surface area contributed by atoms with E-state index in [9.17, 15) is 24.3 Å². The summed E-state index contributed by atoms with van der Waals surface area (Å²) in [7, 11) is 0. The summed E-state index contributed by atoms with van der Waals surface area (Å²) in [5.41, 5.74) is -4.33. The first kappa shape index (κ1) is 19.8. The zero-order chi connectivity index (χ0) is 14.9. The minimum Gasteiger partial charge on any atom is -0.543 e. The fourth-order valence-electron chi connectivity index (χ4n) is 1.75. The molecule has 1 aromatic heterocycles. The van der Waals surface area contributed by atoms with Gasteiger partial charge in [0.25, 0.3) is 5.56 Å². The minimum absolute atomic E-state index is 0. The molecule has 0 saturated heterocycles. The summed E-state index contributed by atoms with van der Waals surface area (Å²) in [6.07, 6.45) is 0. The molecule has 0 saturated carbocycles. The summed E-state index contributed by atoms with van der Waals surface area (Å²) >= 11 is 0. The van der Waals surface area contributed by atoms with E-state index in [2.05, 4.69) is 0 Å². The Kier molecular flexibility index (Phi) is 6.94. The number of carbonyl (C=O) groups is 2. The number of benzene rings is 1. The van der Waals surface area contributed by atoms with E-state index in [1.54, 1.807) is 11.1 Å². The van der Waals surface area contributed by atoms with Crippen molar-refractivity contribution in [3.8, 4) is 5.69 Å². The van der Waals surface area contributed by atoms with Crippen molar-refractivity contribution in [3.05, 3.63) is 62.4 Å². The van der Waals surface area contributed by atoms with Gasteiger partial charge in [-0.1, -0.05) is 18.2 Å². The maximum Gasteiger partial charge on any atom is 1.00 e. The van der Waals surface area contributed by atoms with E-state index in [-0.39, 0.29) is 40.7 Å². The number of carbonyl (C=O) groups excluding carboxylic acids is 1. The number of aromatic nitrogens is 2. The van der Waals surface area contributed by atoms with Gasteiger partial charge in [-0.3, -0.25) is 14.3 Å². The quantitative estimate of drug-likeness (QED) is 0.537. The Hall–Kier alpha value is -2.20. The molecule has 0 radical (unpaired) electrons. The average Bonchev–Trinajstić information content (AvgIpc) is 2.38. The molecular formula is C12H9N2NaO7. The number of carboxylic acid groups (broad SMARTS) is 2. The molecule has 4 N–H and O–H groups in total. The number of hydrogen-bond donors (Lipinski definition) is 2. The van der Waals surface area contributed by atoms with Crippen LogP contribution in [0.1, 0.15) is 20.8 Å². The summed E-state index contributed by atoms with van der Waals surface area (Å²) in [5.74, 6) is -3.70. The van der Waals surface area contributed by atoms with Crippen LogP contribution in [-0.2, 0) is 0 Å². The maximum atomic E-state index is 11.8. The molecule has 10 heteroatoms. The second-order valence-corrected chi connectivity index (χ2v) is 3.75. The van der Waals surface area contributed by atoms with Crippen LogP contribution in [0.2, 0.25) is 0 Å². The van der Waals surface area contributed by atoms with E-state index in [0.717, 1.165) is 0 Å². The average molecular weight is 316 g/mol. The monoisotopic (exact) mass is 316 g/mol. The molecule has 2 aromatic rings. The Morgan fingerprint density at radius 2 is 1.68 bits per heavy atom. The predicted octanol–water partition coefficient (Wildman–Crippen LogP) is -5.23. The summed E-state index contributed by atoms with van der Waals surface area (Å²) < 4.78 is 0.570. The topological polar surface area (TPSA) is 164 Å². The molecule has 0 atom stereocenters. The van der Waals surface area contributed by atoms with Crippen molar-refractivity contribution >= 4 is 11.9 Å². The number of nitrogens with one attached hydrogen (secondary N) is 1. The van der Waals surface area contributed by atoms with Gasteiger partial charge in [-0.2, -0.15) is 0 Å². The molecule has 0 unspecified atom stereocenters. The second-order valence-electron chi connectivity index (χ2n) is 3.75. The Morgan fingerprint density at radius 3 is 2.14 bits per heavy atom. The first-order chi connectivity index (χ1) is 9.43. The van der Waals surface area contributed by atoms with Crippen LogP contribution in [0.25, 0.3) is 5.69 Å². The number of para-hydroxylation sites is 1. The number of rotatable bonds is 3. The van der Waals surface area contributed by atoms with Crippen molar-refractivity contribution in [3.63, 3.8) is 0 Å². The zero-order valence-electron chi connectivity index (χ0n) is 11.3. The van der Waals surface area contributed by atoms with Crippen LogP contribution >= 0.6 is 0 Å². The smallest absolute Gasteiger partial charge is 0.543 e. The Balaban J connectivity index is 0.00000220. The molecule has 22 heavy (non-hydrogen) atoms. The number of nitrogens with zero attached hydrogens (tertiary/aromatic N) is 1.